The van der Waals surface area contributed by atoms with E-state index in [1.807, 2.05) is 18.4 Å². The van der Waals surface area contributed by atoms with Crippen molar-refractivity contribution in [2.45, 2.75) is 42.1 Å². The Balaban J connectivity index is 1.99. The van der Waals surface area contributed by atoms with Gasteiger partial charge in [-0.25, -0.2) is 13.4 Å². The summed E-state index contributed by atoms with van der Waals surface area (Å²) in [6.07, 6.45) is 0.601. The maximum Gasteiger partial charge on any atom is 0.243 e. The smallest absolute Gasteiger partial charge is 0.243 e. The molecule has 2 N–H and O–H groups in total. The first-order chi connectivity index (χ1) is 12.9. The topological polar surface area (TPSA) is 108 Å². The van der Waals surface area contributed by atoms with Crippen molar-refractivity contribution >= 4 is 38.7 Å². The number of ether oxygens (including phenoxy) is 1. The number of nitrogens with two attached hydrogens (primary N) is 1. The van der Waals surface area contributed by atoms with Gasteiger partial charge in [0.05, 0.1) is 34.4 Å². The summed E-state index contributed by atoms with van der Waals surface area (Å²) in [5.74, 6) is -0.382. The third-order valence-corrected chi connectivity index (χ3v) is 7.81. The Hall–Kier alpha value is -1.62. The number of imidazole rings is 1. The number of benzene rings is 1. The van der Waals surface area contributed by atoms with Crippen molar-refractivity contribution in [2.24, 2.45) is 5.73 Å². The second-order valence-electron chi connectivity index (χ2n) is 6.22. The second-order valence-corrected chi connectivity index (χ2v) is 9.33. The molecule has 0 saturated carbocycles. The van der Waals surface area contributed by atoms with Gasteiger partial charge in [-0.15, -0.1) is 0 Å². The molecular formula is C17H24N4O4S2. The highest BCUT2D eigenvalue weighted by Crippen LogP contribution is 2.30. The summed E-state index contributed by atoms with van der Waals surface area (Å²) in [4.78, 5) is 16.4. The van der Waals surface area contributed by atoms with Crippen LogP contribution in [0.1, 0.15) is 20.3 Å². The third-order valence-electron chi connectivity index (χ3n) is 4.54. The summed E-state index contributed by atoms with van der Waals surface area (Å²) in [5, 5.41) is 0.294. The highest BCUT2D eigenvalue weighted by atomic mass is 32.2. The van der Waals surface area contributed by atoms with Crippen molar-refractivity contribution in [2.75, 3.05) is 26.3 Å². The number of aromatic nitrogens is 2. The van der Waals surface area contributed by atoms with E-state index in [1.54, 1.807) is 18.2 Å². The maximum absolute atomic E-state index is 12.9. The quantitative estimate of drug-likeness (QED) is 0.690. The number of morpholine rings is 1. The lowest BCUT2D eigenvalue weighted by atomic mass is 10.3. The first-order valence-corrected chi connectivity index (χ1v) is 11.2. The van der Waals surface area contributed by atoms with Crippen LogP contribution in [0, 0.1) is 0 Å². The lowest BCUT2D eigenvalue weighted by Crippen LogP contribution is -2.40. The lowest BCUT2D eigenvalue weighted by Gasteiger charge is -2.26. The van der Waals surface area contributed by atoms with E-state index >= 15 is 0 Å². The SMILES string of the molecule is CCC(Sc1nc2cc(S(=O)(=O)N3CCOCC3)ccc2n1CC)C(N)=O. The Morgan fingerprint density at radius 2 is 2.04 bits per heavy atom. The molecule has 0 bridgehead atoms. The van der Waals surface area contributed by atoms with Gasteiger partial charge in [0.1, 0.15) is 0 Å². The molecule has 10 heteroatoms. The number of aryl methyl sites for hydroxylation is 1. The minimum atomic E-state index is -3.58. The Morgan fingerprint density at radius 1 is 1.33 bits per heavy atom. The number of sulfonamides is 1. The predicted molar refractivity (Wildman–Crippen MR) is 104 cm³/mol. The van der Waals surface area contributed by atoms with Gasteiger partial charge in [-0.3, -0.25) is 4.79 Å². The standard InChI is InChI=1S/C17H24N4O4S2/c1-3-15(16(18)22)26-17-19-13-11-12(5-6-14(13)21(17)4-2)27(23,24)20-7-9-25-10-8-20/h5-6,11,15H,3-4,7-10H2,1-2H3,(H2,18,22). The lowest BCUT2D eigenvalue weighted by molar-refractivity contribution is -0.117. The summed E-state index contributed by atoms with van der Waals surface area (Å²) in [6, 6.07) is 4.98. The van der Waals surface area contributed by atoms with Gasteiger partial charge < -0.3 is 15.0 Å². The fourth-order valence-electron chi connectivity index (χ4n) is 3.05. The number of rotatable bonds is 7. The zero-order valence-corrected chi connectivity index (χ0v) is 17.1. The fourth-order valence-corrected chi connectivity index (χ4v) is 5.52. The van der Waals surface area contributed by atoms with Crippen molar-refractivity contribution in [3.05, 3.63) is 18.2 Å². The highest BCUT2D eigenvalue weighted by molar-refractivity contribution is 8.00. The van der Waals surface area contributed by atoms with Crippen molar-refractivity contribution in [3.8, 4) is 0 Å². The Kier molecular flexibility index (Phi) is 6.09. The van der Waals surface area contributed by atoms with Gasteiger partial charge in [0.25, 0.3) is 0 Å². The van der Waals surface area contributed by atoms with Gasteiger partial charge >= 0.3 is 0 Å². The van der Waals surface area contributed by atoms with Crippen LogP contribution in [0.5, 0.6) is 0 Å². The van der Waals surface area contributed by atoms with Crippen LogP contribution < -0.4 is 5.73 Å². The number of carbonyl (C=O) groups excluding carboxylic acids is 1. The summed E-state index contributed by atoms with van der Waals surface area (Å²) >= 11 is 1.32. The van der Waals surface area contributed by atoms with Crippen LogP contribution in [0.15, 0.2) is 28.3 Å². The Morgan fingerprint density at radius 3 is 2.63 bits per heavy atom. The van der Waals surface area contributed by atoms with E-state index in [9.17, 15) is 13.2 Å². The number of hydrogen-bond donors (Lipinski definition) is 1. The second kappa shape index (κ2) is 8.17. The van der Waals surface area contributed by atoms with Gasteiger partial charge in [-0.05, 0) is 31.5 Å². The van der Waals surface area contributed by atoms with Crippen LogP contribution in [0.2, 0.25) is 0 Å². The van der Waals surface area contributed by atoms with Gasteiger partial charge in [0.15, 0.2) is 5.16 Å². The average Bonchev–Trinajstić information content (AvgIpc) is 3.02. The molecule has 27 heavy (non-hydrogen) atoms. The average molecular weight is 413 g/mol. The summed E-state index contributed by atoms with van der Waals surface area (Å²) in [6.45, 7) is 6.03. The van der Waals surface area contributed by atoms with Crippen LogP contribution in [-0.2, 0) is 26.1 Å². The van der Waals surface area contributed by atoms with Gasteiger partial charge in [-0.1, -0.05) is 18.7 Å². The van der Waals surface area contributed by atoms with E-state index in [2.05, 4.69) is 4.98 Å². The molecule has 1 saturated heterocycles. The summed E-state index contributed by atoms with van der Waals surface area (Å²) in [5.41, 5.74) is 6.88. The zero-order chi connectivity index (χ0) is 19.6. The monoisotopic (exact) mass is 412 g/mol. The normalized spacial score (nSPS) is 17.3. The molecule has 2 aromatic rings. The fraction of sp³-hybridized carbons (Fsp3) is 0.529. The first-order valence-electron chi connectivity index (χ1n) is 8.92. The molecule has 1 aliphatic rings. The molecule has 1 amide bonds. The molecule has 0 spiro atoms. The van der Waals surface area contributed by atoms with Crippen LogP contribution in [-0.4, -0.2) is 59.7 Å². The van der Waals surface area contributed by atoms with Crippen molar-refractivity contribution in [1.82, 2.24) is 13.9 Å². The maximum atomic E-state index is 12.9. The molecular weight excluding hydrogens is 388 g/mol. The molecule has 1 atom stereocenters. The van der Waals surface area contributed by atoms with Gasteiger partial charge in [-0.2, -0.15) is 4.31 Å². The zero-order valence-electron chi connectivity index (χ0n) is 15.4. The molecule has 148 valence electrons. The van der Waals surface area contributed by atoms with Gasteiger partial charge in [0.2, 0.25) is 15.9 Å². The number of fused-ring (bicyclic) bond motifs is 1. The summed E-state index contributed by atoms with van der Waals surface area (Å²) in [7, 11) is -3.58. The minimum Gasteiger partial charge on any atom is -0.379 e. The predicted octanol–water partition coefficient (Wildman–Crippen LogP) is 1.43. The number of nitrogens with zero attached hydrogens (tertiary/aromatic N) is 3. The van der Waals surface area contributed by atoms with E-state index in [4.69, 9.17) is 10.5 Å². The molecule has 1 fully saturated rings. The van der Waals surface area contributed by atoms with Crippen LogP contribution in [0.3, 0.4) is 0 Å². The van der Waals surface area contributed by atoms with Crippen molar-refractivity contribution in [3.63, 3.8) is 0 Å². The molecule has 1 aromatic heterocycles. The molecule has 1 aliphatic heterocycles. The molecule has 2 heterocycles. The number of primary amides is 1. The van der Waals surface area contributed by atoms with E-state index in [0.717, 1.165) is 5.52 Å². The highest BCUT2D eigenvalue weighted by Gasteiger charge is 2.27. The number of hydrogen-bond acceptors (Lipinski definition) is 6. The first kappa shape index (κ1) is 20.1. The van der Waals surface area contributed by atoms with E-state index < -0.39 is 10.0 Å². The van der Waals surface area contributed by atoms with Crippen LogP contribution in [0.25, 0.3) is 11.0 Å². The van der Waals surface area contributed by atoms with Crippen LogP contribution in [0.4, 0.5) is 0 Å². The summed E-state index contributed by atoms with van der Waals surface area (Å²) < 4.78 is 34.4. The molecule has 1 aromatic carbocycles. The Labute approximate surface area is 163 Å². The number of carbonyl (C=O) groups is 1. The molecule has 0 aliphatic carbocycles. The Bertz CT molecular complexity index is 936. The largest absolute Gasteiger partial charge is 0.379 e. The van der Waals surface area contributed by atoms with Crippen molar-refractivity contribution < 1.29 is 17.9 Å². The molecule has 3 rings (SSSR count). The van der Waals surface area contributed by atoms with E-state index in [-0.39, 0.29) is 16.1 Å². The molecule has 8 nitrogen and oxygen atoms in total. The number of thioether (sulfide) groups is 1. The van der Waals surface area contributed by atoms with Crippen molar-refractivity contribution in [1.29, 1.82) is 0 Å². The third kappa shape index (κ3) is 3.98. The molecule has 0 radical (unpaired) electrons. The number of amides is 1. The van der Waals surface area contributed by atoms with Gasteiger partial charge in [0, 0.05) is 19.6 Å². The van der Waals surface area contributed by atoms with Crippen LogP contribution >= 0.6 is 11.8 Å². The van der Waals surface area contributed by atoms with E-state index in [0.29, 0.717) is 49.9 Å². The minimum absolute atomic E-state index is 0.219. The molecule has 1 unspecified atom stereocenters. The van der Waals surface area contributed by atoms with E-state index in [1.165, 1.54) is 16.1 Å².